The number of allylic oxidation sites excluding steroid dienone is 1. The van der Waals surface area contributed by atoms with Gasteiger partial charge in [-0.05, 0) is 13.0 Å². The minimum Gasteiger partial charge on any atom is -0.390 e. The van der Waals surface area contributed by atoms with Crippen LogP contribution in [0.4, 0.5) is 5.82 Å². The molecule has 0 aliphatic rings. The first-order valence-electron chi connectivity index (χ1n) is 4.46. The molecule has 1 rings (SSSR count). The lowest BCUT2D eigenvalue weighted by atomic mass is 10.3. The molecule has 0 aliphatic heterocycles. The van der Waals surface area contributed by atoms with Crippen molar-refractivity contribution in [3.05, 3.63) is 23.7 Å². The lowest BCUT2D eigenvalue weighted by Gasteiger charge is -2.12. The molecule has 14 heavy (non-hydrogen) atoms. The summed E-state index contributed by atoms with van der Waals surface area (Å²) in [6.45, 7) is 1.85. The Morgan fingerprint density at radius 1 is 1.43 bits per heavy atom. The van der Waals surface area contributed by atoms with Crippen molar-refractivity contribution < 1.29 is 5.11 Å². The standard InChI is InChI=1S/C10H15N3O/c1-4-5-9-11-8(7-14)6-10(12-9)13(2)3/h4-6,14H,7H2,1-3H3. The molecule has 76 valence electrons. The van der Waals surface area contributed by atoms with E-state index in [9.17, 15) is 0 Å². The summed E-state index contributed by atoms with van der Waals surface area (Å²) in [4.78, 5) is 10.3. The predicted octanol–water partition coefficient (Wildman–Crippen LogP) is 1.07. The molecule has 0 amide bonds. The van der Waals surface area contributed by atoms with Gasteiger partial charge in [-0.25, -0.2) is 9.97 Å². The van der Waals surface area contributed by atoms with Gasteiger partial charge in [0.05, 0.1) is 12.3 Å². The van der Waals surface area contributed by atoms with Gasteiger partial charge in [-0.15, -0.1) is 0 Å². The van der Waals surface area contributed by atoms with Gasteiger partial charge < -0.3 is 10.0 Å². The highest BCUT2D eigenvalue weighted by molar-refractivity contribution is 5.46. The number of aliphatic hydroxyl groups is 1. The second-order valence-corrected chi connectivity index (χ2v) is 3.13. The zero-order chi connectivity index (χ0) is 10.6. The SMILES string of the molecule is CC=Cc1nc(CO)cc(N(C)C)n1. The summed E-state index contributed by atoms with van der Waals surface area (Å²) in [6.07, 6.45) is 3.68. The van der Waals surface area contributed by atoms with Gasteiger partial charge in [-0.1, -0.05) is 6.08 Å². The largest absolute Gasteiger partial charge is 0.390 e. The van der Waals surface area contributed by atoms with Gasteiger partial charge in [0.2, 0.25) is 0 Å². The van der Waals surface area contributed by atoms with Crippen molar-refractivity contribution in [1.82, 2.24) is 9.97 Å². The zero-order valence-electron chi connectivity index (χ0n) is 8.73. The van der Waals surface area contributed by atoms with E-state index < -0.39 is 0 Å². The number of hydrogen-bond donors (Lipinski definition) is 1. The number of hydrogen-bond acceptors (Lipinski definition) is 4. The van der Waals surface area contributed by atoms with Crippen molar-refractivity contribution in [3.8, 4) is 0 Å². The second kappa shape index (κ2) is 4.72. The van der Waals surface area contributed by atoms with Crippen LogP contribution in [0.5, 0.6) is 0 Å². The van der Waals surface area contributed by atoms with E-state index in [1.165, 1.54) is 0 Å². The molecule has 0 saturated heterocycles. The third-order valence-corrected chi connectivity index (χ3v) is 1.72. The van der Waals surface area contributed by atoms with Gasteiger partial charge in [0.1, 0.15) is 5.82 Å². The summed E-state index contributed by atoms with van der Waals surface area (Å²) < 4.78 is 0. The highest BCUT2D eigenvalue weighted by Gasteiger charge is 2.02. The van der Waals surface area contributed by atoms with E-state index in [1.54, 1.807) is 6.07 Å². The third kappa shape index (κ3) is 2.53. The Hall–Kier alpha value is -1.42. The molecule has 0 unspecified atom stereocenters. The van der Waals surface area contributed by atoms with Gasteiger partial charge in [0, 0.05) is 20.2 Å². The molecule has 0 fully saturated rings. The normalized spacial score (nSPS) is 10.9. The summed E-state index contributed by atoms with van der Waals surface area (Å²) in [6, 6.07) is 1.77. The van der Waals surface area contributed by atoms with Crippen LogP contribution in [0.3, 0.4) is 0 Å². The highest BCUT2D eigenvalue weighted by Crippen LogP contribution is 2.10. The minimum absolute atomic E-state index is 0.0616. The summed E-state index contributed by atoms with van der Waals surface area (Å²) in [5.74, 6) is 1.43. The average molecular weight is 193 g/mol. The Balaban J connectivity index is 3.13. The van der Waals surface area contributed by atoms with Crippen molar-refractivity contribution in [2.24, 2.45) is 0 Å². The number of aromatic nitrogens is 2. The third-order valence-electron chi connectivity index (χ3n) is 1.72. The number of rotatable bonds is 3. The van der Waals surface area contributed by atoms with E-state index in [0.29, 0.717) is 11.5 Å². The smallest absolute Gasteiger partial charge is 0.154 e. The van der Waals surface area contributed by atoms with Gasteiger partial charge in [0.15, 0.2) is 5.82 Å². The summed E-state index contributed by atoms with van der Waals surface area (Å²) in [7, 11) is 3.81. The molecule has 1 N–H and O–H groups in total. The molecular formula is C10H15N3O. The first-order valence-corrected chi connectivity index (χ1v) is 4.46. The molecule has 0 aliphatic carbocycles. The molecule has 0 atom stereocenters. The van der Waals surface area contributed by atoms with Crippen LogP contribution in [0.2, 0.25) is 0 Å². The molecule has 4 nitrogen and oxygen atoms in total. The molecule has 0 spiro atoms. The fraction of sp³-hybridized carbons (Fsp3) is 0.400. The number of anilines is 1. The van der Waals surface area contributed by atoms with Crippen molar-refractivity contribution in [1.29, 1.82) is 0 Å². The fourth-order valence-corrected chi connectivity index (χ4v) is 1.04. The minimum atomic E-state index is -0.0616. The van der Waals surface area contributed by atoms with E-state index in [4.69, 9.17) is 5.11 Å². The molecule has 0 saturated carbocycles. The van der Waals surface area contributed by atoms with Crippen LogP contribution in [-0.4, -0.2) is 29.2 Å². The Bertz CT molecular complexity index is 334. The van der Waals surface area contributed by atoms with Crippen molar-refractivity contribution in [2.75, 3.05) is 19.0 Å². The number of nitrogens with zero attached hydrogens (tertiary/aromatic N) is 3. The first-order chi connectivity index (χ1) is 6.67. The Labute approximate surface area is 83.9 Å². The Kier molecular flexibility index (Phi) is 3.59. The van der Waals surface area contributed by atoms with Crippen LogP contribution in [0.1, 0.15) is 18.4 Å². The molecule has 1 aromatic rings. The molecule has 1 aromatic heterocycles. The van der Waals surface area contributed by atoms with Crippen LogP contribution >= 0.6 is 0 Å². The maximum absolute atomic E-state index is 9.00. The Morgan fingerprint density at radius 2 is 2.14 bits per heavy atom. The molecule has 4 heteroatoms. The van der Waals surface area contributed by atoms with Gasteiger partial charge >= 0.3 is 0 Å². The van der Waals surface area contributed by atoms with Gasteiger partial charge in [-0.2, -0.15) is 0 Å². The predicted molar refractivity (Wildman–Crippen MR) is 57.0 cm³/mol. The van der Waals surface area contributed by atoms with E-state index in [0.717, 1.165) is 5.82 Å². The summed E-state index contributed by atoms with van der Waals surface area (Å²) in [5.41, 5.74) is 0.636. The topological polar surface area (TPSA) is 49.3 Å². The monoisotopic (exact) mass is 193 g/mol. The molecular weight excluding hydrogens is 178 g/mol. The quantitative estimate of drug-likeness (QED) is 0.780. The maximum Gasteiger partial charge on any atom is 0.154 e. The van der Waals surface area contributed by atoms with Crippen molar-refractivity contribution >= 4 is 11.9 Å². The van der Waals surface area contributed by atoms with Gasteiger partial charge in [0.25, 0.3) is 0 Å². The summed E-state index contributed by atoms with van der Waals surface area (Å²) >= 11 is 0. The molecule has 0 radical (unpaired) electrons. The van der Waals surface area contributed by atoms with Crippen molar-refractivity contribution in [3.63, 3.8) is 0 Å². The van der Waals surface area contributed by atoms with Crippen molar-refractivity contribution in [2.45, 2.75) is 13.5 Å². The zero-order valence-corrected chi connectivity index (χ0v) is 8.73. The average Bonchev–Trinajstić information content (AvgIpc) is 2.17. The van der Waals surface area contributed by atoms with E-state index in [1.807, 2.05) is 38.1 Å². The van der Waals surface area contributed by atoms with Crippen LogP contribution in [0.15, 0.2) is 12.1 Å². The lowest BCUT2D eigenvalue weighted by Crippen LogP contribution is -2.12. The van der Waals surface area contributed by atoms with Crippen LogP contribution in [0, 0.1) is 0 Å². The van der Waals surface area contributed by atoms with Crippen LogP contribution in [-0.2, 0) is 6.61 Å². The molecule has 0 bridgehead atoms. The van der Waals surface area contributed by atoms with E-state index in [2.05, 4.69) is 9.97 Å². The molecule has 0 aromatic carbocycles. The van der Waals surface area contributed by atoms with Crippen LogP contribution < -0.4 is 4.90 Å². The van der Waals surface area contributed by atoms with Crippen LogP contribution in [0.25, 0.3) is 6.08 Å². The maximum atomic E-state index is 9.00. The van der Waals surface area contributed by atoms with E-state index in [-0.39, 0.29) is 6.61 Å². The second-order valence-electron chi connectivity index (χ2n) is 3.13. The highest BCUT2D eigenvalue weighted by atomic mass is 16.3. The fourth-order valence-electron chi connectivity index (χ4n) is 1.04. The molecule has 1 heterocycles. The Morgan fingerprint density at radius 3 is 2.64 bits per heavy atom. The lowest BCUT2D eigenvalue weighted by molar-refractivity contribution is 0.276. The van der Waals surface area contributed by atoms with Gasteiger partial charge in [-0.3, -0.25) is 0 Å². The number of aliphatic hydroxyl groups excluding tert-OH is 1. The van der Waals surface area contributed by atoms with E-state index >= 15 is 0 Å². The summed E-state index contributed by atoms with van der Waals surface area (Å²) in [5, 5.41) is 9.00. The first kappa shape index (κ1) is 10.7.